The predicted octanol–water partition coefficient (Wildman–Crippen LogP) is 3.27. The number of hydrogen-bond donors (Lipinski definition) is 1. The summed E-state index contributed by atoms with van der Waals surface area (Å²) in [5, 5.41) is 10.3. The van der Waals surface area contributed by atoms with Crippen molar-refractivity contribution in [2.45, 2.75) is 44.6 Å². The summed E-state index contributed by atoms with van der Waals surface area (Å²) < 4.78 is 5.52. The Morgan fingerprint density at radius 3 is 3.11 bits per heavy atom. The van der Waals surface area contributed by atoms with Gasteiger partial charge in [-0.15, -0.1) is 0 Å². The number of aliphatic hydroxyl groups excluding tert-OH is 1. The van der Waals surface area contributed by atoms with Crippen LogP contribution in [0.25, 0.3) is 0 Å². The van der Waals surface area contributed by atoms with Crippen molar-refractivity contribution in [3.63, 3.8) is 0 Å². The standard InChI is InChI=1S/C17H22O2/c18-16(14-4-2-1-3-5-14)8-6-13-7-9-17-15(12-13)10-11-19-17/h1-2,7,9,12,14,16,18H,3-6,8,10-11H2. The first-order valence-electron chi connectivity index (χ1n) is 7.40. The summed E-state index contributed by atoms with van der Waals surface area (Å²) >= 11 is 0. The normalized spacial score (nSPS) is 22.9. The lowest BCUT2D eigenvalue weighted by molar-refractivity contribution is 0.0938. The third-order valence-electron chi connectivity index (χ3n) is 4.34. The van der Waals surface area contributed by atoms with E-state index < -0.39 is 0 Å². The van der Waals surface area contributed by atoms with Crippen molar-refractivity contribution in [1.29, 1.82) is 0 Å². The third-order valence-corrected chi connectivity index (χ3v) is 4.34. The van der Waals surface area contributed by atoms with Crippen molar-refractivity contribution >= 4 is 0 Å². The van der Waals surface area contributed by atoms with Crippen LogP contribution < -0.4 is 4.74 Å². The van der Waals surface area contributed by atoms with Gasteiger partial charge >= 0.3 is 0 Å². The molecule has 0 saturated heterocycles. The topological polar surface area (TPSA) is 29.5 Å². The van der Waals surface area contributed by atoms with Gasteiger partial charge in [0.05, 0.1) is 12.7 Å². The van der Waals surface area contributed by atoms with E-state index in [9.17, 15) is 5.11 Å². The molecule has 0 radical (unpaired) electrons. The van der Waals surface area contributed by atoms with Crippen LogP contribution in [0.4, 0.5) is 0 Å². The molecule has 2 atom stereocenters. The lowest BCUT2D eigenvalue weighted by Gasteiger charge is -2.23. The zero-order valence-corrected chi connectivity index (χ0v) is 11.3. The summed E-state index contributed by atoms with van der Waals surface area (Å²) in [5.74, 6) is 1.50. The molecule has 1 aliphatic carbocycles. The molecular weight excluding hydrogens is 236 g/mol. The molecule has 1 N–H and O–H groups in total. The summed E-state index contributed by atoms with van der Waals surface area (Å²) in [6.45, 7) is 0.815. The first kappa shape index (κ1) is 12.7. The highest BCUT2D eigenvalue weighted by molar-refractivity contribution is 5.39. The van der Waals surface area contributed by atoms with Gasteiger partial charge < -0.3 is 9.84 Å². The summed E-state index contributed by atoms with van der Waals surface area (Å²) in [4.78, 5) is 0. The van der Waals surface area contributed by atoms with Gasteiger partial charge in [0.25, 0.3) is 0 Å². The maximum Gasteiger partial charge on any atom is 0.122 e. The van der Waals surface area contributed by atoms with Crippen molar-refractivity contribution in [2.75, 3.05) is 6.61 Å². The fourth-order valence-electron chi connectivity index (χ4n) is 3.11. The Labute approximate surface area is 115 Å². The van der Waals surface area contributed by atoms with Gasteiger partial charge in [-0.3, -0.25) is 0 Å². The van der Waals surface area contributed by atoms with Crippen molar-refractivity contribution < 1.29 is 9.84 Å². The number of hydrogen-bond acceptors (Lipinski definition) is 2. The van der Waals surface area contributed by atoms with E-state index in [4.69, 9.17) is 4.74 Å². The molecule has 1 aromatic rings. The van der Waals surface area contributed by atoms with Gasteiger partial charge in [-0.1, -0.05) is 24.3 Å². The predicted molar refractivity (Wildman–Crippen MR) is 76.4 cm³/mol. The van der Waals surface area contributed by atoms with Crippen LogP contribution in [0.15, 0.2) is 30.4 Å². The lowest BCUT2D eigenvalue weighted by atomic mass is 9.86. The first-order chi connectivity index (χ1) is 9.33. The summed E-state index contributed by atoms with van der Waals surface area (Å²) in [7, 11) is 0. The van der Waals surface area contributed by atoms with E-state index in [1.807, 2.05) is 0 Å². The molecule has 0 aromatic heterocycles. The molecule has 1 aromatic carbocycles. The molecule has 0 spiro atoms. The summed E-state index contributed by atoms with van der Waals surface area (Å²) in [6.07, 6.45) is 10.4. The number of fused-ring (bicyclic) bond motifs is 1. The zero-order valence-electron chi connectivity index (χ0n) is 11.3. The van der Waals surface area contributed by atoms with Crippen LogP contribution in [0.2, 0.25) is 0 Å². The van der Waals surface area contributed by atoms with Crippen molar-refractivity contribution in [1.82, 2.24) is 0 Å². The molecule has 2 nitrogen and oxygen atoms in total. The molecule has 0 fully saturated rings. The van der Waals surface area contributed by atoms with Crippen molar-refractivity contribution in [2.24, 2.45) is 5.92 Å². The van der Waals surface area contributed by atoms with Gasteiger partial charge in [0.15, 0.2) is 0 Å². The molecule has 0 saturated carbocycles. The van der Waals surface area contributed by atoms with Crippen molar-refractivity contribution in [3.05, 3.63) is 41.5 Å². The molecule has 2 heteroatoms. The van der Waals surface area contributed by atoms with Gasteiger partial charge in [-0.25, -0.2) is 0 Å². The van der Waals surface area contributed by atoms with Crippen LogP contribution >= 0.6 is 0 Å². The maximum atomic E-state index is 10.3. The van der Waals surface area contributed by atoms with Gasteiger partial charge in [-0.2, -0.15) is 0 Å². The van der Waals surface area contributed by atoms with Crippen LogP contribution in [0, 0.1) is 5.92 Å². The molecule has 3 rings (SSSR count). The molecular formula is C17H22O2. The highest BCUT2D eigenvalue weighted by atomic mass is 16.5. The molecule has 2 aliphatic rings. The van der Waals surface area contributed by atoms with Crippen LogP contribution in [0.3, 0.4) is 0 Å². The van der Waals surface area contributed by atoms with Crippen LogP contribution in [-0.4, -0.2) is 17.8 Å². The van der Waals surface area contributed by atoms with E-state index in [1.54, 1.807) is 0 Å². The Hall–Kier alpha value is -1.28. The Balaban J connectivity index is 1.55. The number of aliphatic hydroxyl groups is 1. The summed E-state index contributed by atoms with van der Waals surface area (Å²) in [5.41, 5.74) is 2.65. The van der Waals surface area contributed by atoms with E-state index >= 15 is 0 Å². The van der Waals surface area contributed by atoms with Crippen LogP contribution in [-0.2, 0) is 12.8 Å². The highest BCUT2D eigenvalue weighted by Gasteiger charge is 2.19. The first-order valence-corrected chi connectivity index (χ1v) is 7.40. The minimum Gasteiger partial charge on any atom is -0.493 e. The third kappa shape index (κ3) is 3.01. The average Bonchev–Trinajstić information content (AvgIpc) is 2.93. The van der Waals surface area contributed by atoms with Gasteiger partial charge in [0.1, 0.15) is 5.75 Å². The van der Waals surface area contributed by atoms with E-state index in [1.165, 1.54) is 11.1 Å². The van der Waals surface area contributed by atoms with Crippen LogP contribution in [0.5, 0.6) is 5.75 Å². The van der Waals surface area contributed by atoms with E-state index in [2.05, 4.69) is 30.4 Å². The second kappa shape index (κ2) is 5.79. The van der Waals surface area contributed by atoms with Crippen molar-refractivity contribution in [3.8, 4) is 5.75 Å². The molecule has 1 aliphatic heterocycles. The number of aryl methyl sites for hydroxylation is 1. The molecule has 0 amide bonds. The van der Waals surface area contributed by atoms with Gasteiger partial charge in [0, 0.05) is 6.42 Å². The number of rotatable bonds is 4. The molecule has 2 unspecified atom stereocenters. The smallest absolute Gasteiger partial charge is 0.122 e. The Bertz CT molecular complexity index is 464. The Morgan fingerprint density at radius 1 is 1.32 bits per heavy atom. The Kier molecular flexibility index (Phi) is 3.88. The number of benzene rings is 1. The van der Waals surface area contributed by atoms with Gasteiger partial charge in [0.2, 0.25) is 0 Å². The molecule has 19 heavy (non-hydrogen) atoms. The second-order valence-electron chi connectivity index (χ2n) is 5.69. The molecule has 1 heterocycles. The van der Waals surface area contributed by atoms with E-state index in [-0.39, 0.29) is 6.10 Å². The lowest BCUT2D eigenvalue weighted by Crippen LogP contribution is -2.22. The number of allylic oxidation sites excluding steroid dienone is 2. The average molecular weight is 258 g/mol. The van der Waals surface area contributed by atoms with E-state index in [0.29, 0.717) is 5.92 Å². The fraction of sp³-hybridized carbons (Fsp3) is 0.529. The van der Waals surface area contributed by atoms with Gasteiger partial charge in [-0.05, 0) is 55.2 Å². The fourth-order valence-corrected chi connectivity index (χ4v) is 3.11. The van der Waals surface area contributed by atoms with E-state index in [0.717, 1.165) is 50.9 Å². The summed E-state index contributed by atoms with van der Waals surface area (Å²) in [6, 6.07) is 6.46. The number of ether oxygens (including phenoxy) is 1. The zero-order chi connectivity index (χ0) is 13.1. The highest BCUT2D eigenvalue weighted by Crippen LogP contribution is 2.28. The monoisotopic (exact) mass is 258 g/mol. The maximum absolute atomic E-state index is 10.3. The minimum atomic E-state index is -0.158. The van der Waals surface area contributed by atoms with Crippen LogP contribution in [0.1, 0.15) is 36.8 Å². The minimum absolute atomic E-state index is 0.158. The Morgan fingerprint density at radius 2 is 2.26 bits per heavy atom. The quantitative estimate of drug-likeness (QED) is 0.840. The molecule has 102 valence electrons. The second-order valence-corrected chi connectivity index (χ2v) is 5.69. The molecule has 0 bridgehead atoms. The SMILES string of the molecule is OC(CCc1ccc2c(c1)CCO2)C1CC=CCC1. The largest absolute Gasteiger partial charge is 0.493 e.